The van der Waals surface area contributed by atoms with E-state index in [1.807, 2.05) is 26.0 Å². The molecule has 4 aromatic rings. The molecule has 1 aromatic heterocycles. The highest BCUT2D eigenvalue weighted by molar-refractivity contribution is 6.31. The van der Waals surface area contributed by atoms with Crippen molar-refractivity contribution in [1.82, 2.24) is 0 Å². The zero-order chi connectivity index (χ0) is 21.9. The molecule has 5 rings (SSSR count). The van der Waals surface area contributed by atoms with E-state index in [0.717, 1.165) is 11.1 Å². The van der Waals surface area contributed by atoms with Crippen molar-refractivity contribution < 1.29 is 14.3 Å². The smallest absolute Gasteiger partial charge is 0.295 e. The van der Waals surface area contributed by atoms with Gasteiger partial charge in [0.05, 0.1) is 17.0 Å². The van der Waals surface area contributed by atoms with Crippen molar-refractivity contribution in [2.45, 2.75) is 19.9 Å². The molecule has 31 heavy (non-hydrogen) atoms. The van der Waals surface area contributed by atoms with Gasteiger partial charge in [0.2, 0.25) is 5.76 Å². The monoisotopic (exact) mass is 431 g/mol. The molecule has 3 aromatic carbocycles. The second kappa shape index (κ2) is 7.00. The van der Waals surface area contributed by atoms with Crippen LogP contribution >= 0.6 is 11.6 Å². The van der Waals surface area contributed by atoms with Gasteiger partial charge >= 0.3 is 0 Å². The zero-order valence-electron chi connectivity index (χ0n) is 16.8. The molecule has 1 aliphatic heterocycles. The minimum atomic E-state index is -0.755. The topological polar surface area (TPSA) is 70.8 Å². The van der Waals surface area contributed by atoms with Gasteiger partial charge in [0.15, 0.2) is 5.43 Å². The van der Waals surface area contributed by atoms with Gasteiger partial charge in [-0.3, -0.25) is 14.5 Å². The van der Waals surface area contributed by atoms with E-state index < -0.39 is 11.9 Å². The SMILES string of the molecule is Cc1ccc2oc3c(c(=O)c2c1)C(c1cccc(O)c1)N(c1ccc(C)c(Cl)c1)C3=O. The van der Waals surface area contributed by atoms with E-state index in [1.165, 1.54) is 4.90 Å². The zero-order valence-corrected chi connectivity index (χ0v) is 17.6. The molecule has 0 fully saturated rings. The summed E-state index contributed by atoms with van der Waals surface area (Å²) in [5, 5.41) is 11.0. The fourth-order valence-corrected chi connectivity index (χ4v) is 4.27. The van der Waals surface area contributed by atoms with Crippen LogP contribution in [0.5, 0.6) is 5.75 Å². The van der Waals surface area contributed by atoms with E-state index >= 15 is 0 Å². The number of phenols is 1. The number of benzene rings is 3. The number of hydrogen-bond acceptors (Lipinski definition) is 4. The molecule has 2 heterocycles. The van der Waals surface area contributed by atoms with Gasteiger partial charge in [0.25, 0.3) is 5.91 Å². The summed E-state index contributed by atoms with van der Waals surface area (Å²) in [4.78, 5) is 28.6. The number of aryl methyl sites for hydroxylation is 2. The minimum Gasteiger partial charge on any atom is -0.508 e. The number of rotatable bonds is 2. The largest absolute Gasteiger partial charge is 0.508 e. The second-order valence-corrected chi connectivity index (χ2v) is 8.19. The molecule has 154 valence electrons. The Morgan fingerprint density at radius 1 is 1.00 bits per heavy atom. The highest BCUT2D eigenvalue weighted by Crippen LogP contribution is 2.42. The Bertz CT molecular complexity index is 1440. The Labute approximate surface area is 183 Å². The lowest BCUT2D eigenvalue weighted by Crippen LogP contribution is -2.29. The van der Waals surface area contributed by atoms with Crippen molar-refractivity contribution in [1.29, 1.82) is 0 Å². The van der Waals surface area contributed by atoms with Crippen LogP contribution in [0.25, 0.3) is 11.0 Å². The normalized spacial score (nSPS) is 15.5. The van der Waals surface area contributed by atoms with Crippen LogP contribution in [0.15, 0.2) is 69.9 Å². The maximum absolute atomic E-state index is 13.6. The molecule has 0 aliphatic carbocycles. The highest BCUT2D eigenvalue weighted by atomic mass is 35.5. The van der Waals surface area contributed by atoms with Crippen LogP contribution in [0.4, 0.5) is 5.69 Å². The summed E-state index contributed by atoms with van der Waals surface area (Å²) < 4.78 is 5.95. The Hall–Kier alpha value is -3.57. The van der Waals surface area contributed by atoms with E-state index in [4.69, 9.17) is 16.0 Å². The average Bonchev–Trinajstić information content (AvgIpc) is 3.03. The first-order valence-corrected chi connectivity index (χ1v) is 10.2. The van der Waals surface area contributed by atoms with Crippen molar-refractivity contribution >= 4 is 34.2 Å². The third-order valence-corrected chi connectivity index (χ3v) is 6.05. The quantitative estimate of drug-likeness (QED) is 0.453. The van der Waals surface area contributed by atoms with Gasteiger partial charge < -0.3 is 9.52 Å². The molecule has 0 spiro atoms. The molecule has 1 N–H and O–H groups in total. The number of amides is 1. The van der Waals surface area contributed by atoms with Crippen molar-refractivity contribution in [3.05, 3.63) is 104 Å². The molecular weight excluding hydrogens is 414 g/mol. The Morgan fingerprint density at radius 3 is 2.55 bits per heavy atom. The lowest BCUT2D eigenvalue weighted by Gasteiger charge is -2.25. The number of hydrogen-bond donors (Lipinski definition) is 1. The fourth-order valence-electron chi connectivity index (χ4n) is 4.09. The molecule has 1 amide bonds. The Kier molecular flexibility index (Phi) is 4.38. The summed E-state index contributed by atoms with van der Waals surface area (Å²) >= 11 is 6.34. The standard InChI is InChI=1S/C25H18ClNO4/c1-13-6-9-20-18(10-13)23(29)21-22(15-4-3-5-17(28)11-15)27(25(30)24(21)31-20)16-8-7-14(2)19(26)12-16/h3-12,22,28H,1-2H3. The van der Waals surface area contributed by atoms with Crippen LogP contribution < -0.4 is 10.3 Å². The molecule has 1 unspecified atom stereocenters. The number of aromatic hydroxyl groups is 1. The predicted octanol–water partition coefficient (Wildman–Crippen LogP) is 5.52. The van der Waals surface area contributed by atoms with Gasteiger partial charge in [-0.05, 0) is 61.4 Å². The summed E-state index contributed by atoms with van der Waals surface area (Å²) in [6.45, 7) is 3.77. The van der Waals surface area contributed by atoms with E-state index in [-0.39, 0.29) is 22.5 Å². The number of halogens is 1. The van der Waals surface area contributed by atoms with E-state index in [9.17, 15) is 14.7 Å². The first-order chi connectivity index (χ1) is 14.8. The predicted molar refractivity (Wildman–Crippen MR) is 120 cm³/mol. The summed E-state index contributed by atoms with van der Waals surface area (Å²) in [7, 11) is 0. The first kappa shape index (κ1) is 19.4. The molecule has 1 aliphatic rings. The van der Waals surface area contributed by atoms with Crippen molar-refractivity contribution in [2.75, 3.05) is 4.90 Å². The number of carbonyl (C=O) groups is 1. The van der Waals surface area contributed by atoms with E-state index in [1.54, 1.807) is 48.5 Å². The number of anilines is 1. The Morgan fingerprint density at radius 2 is 1.81 bits per heavy atom. The first-order valence-electron chi connectivity index (χ1n) is 9.81. The molecule has 0 saturated carbocycles. The van der Waals surface area contributed by atoms with Crippen molar-refractivity contribution in [3.63, 3.8) is 0 Å². The van der Waals surface area contributed by atoms with Crippen LogP contribution in [0.1, 0.15) is 38.9 Å². The lowest BCUT2D eigenvalue weighted by molar-refractivity contribution is 0.0971. The number of phenolic OH excluding ortho intramolecular Hbond substituents is 1. The van der Waals surface area contributed by atoms with Gasteiger partial charge in [-0.15, -0.1) is 0 Å². The van der Waals surface area contributed by atoms with Crippen LogP contribution in [0.2, 0.25) is 5.02 Å². The second-order valence-electron chi connectivity index (χ2n) is 7.78. The Balaban J connectivity index is 1.83. The van der Waals surface area contributed by atoms with Gasteiger partial charge in [0, 0.05) is 10.7 Å². The summed E-state index contributed by atoms with van der Waals surface area (Å²) in [6.07, 6.45) is 0. The molecular formula is C25H18ClNO4. The third kappa shape index (κ3) is 3.01. The molecule has 0 radical (unpaired) electrons. The molecule has 6 heteroatoms. The minimum absolute atomic E-state index is 0.00592. The van der Waals surface area contributed by atoms with Crippen LogP contribution in [-0.2, 0) is 0 Å². The lowest BCUT2D eigenvalue weighted by atomic mass is 9.97. The van der Waals surface area contributed by atoms with Crippen molar-refractivity contribution in [3.8, 4) is 5.75 Å². The number of carbonyl (C=O) groups excluding carboxylic acids is 1. The van der Waals surface area contributed by atoms with Gasteiger partial charge in [-0.2, -0.15) is 0 Å². The average molecular weight is 432 g/mol. The summed E-state index contributed by atoms with van der Waals surface area (Å²) in [5.74, 6) is -0.379. The van der Waals surface area contributed by atoms with Gasteiger partial charge in [-0.1, -0.05) is 41.4 Å². The maximum Gasteiger partial charge on any atom is 0.295 e. The molecule has 1 atom stereocenters. The highest BCUT2D eigenvalue weighted by Gasteiger charge is 2.43. The van der Waals surface area contributed by atoms with Gasteiger partial charge in [-0.25, -0.2) is 0 Å². The van der Waals surface area contributed by atoms with Crippen LogP contribution in [0.3, 0.4) is 0 Å². The molecule has 0 saturated heterocycles. The number of nitrogens with zero attached hydrogens (tertiary/aromatic N) is 1. The third-order valence-electron chi connectivity index (χ3n) is 5.65. The summed E-state index contributed by atoms with van der Waals surface area (Å²) in [5.41, 5.74) is 3.29. The number of fused-ring (bicyclic) bond motifs is 2. The molecule has 5 nitrogen and oxygen atoms in total. The van der Waals surface area contributed by atoms with Gasteiger partial charge in [0.1, 0.15) is 11.3 Å². The summed E-state index contributed by atoms with van der Waals surface area (Å²) in [6, 6.07) is 16.4. The van der Waals surface area contributed by atoms with E-state index in [0.29, 0.717) is 27.2 Å². The van der Waals surface area contributed by atoms with Crippen LogP contribution in [0, 0.1) is 13.8 Å². The molecule has 0 bridgehead atoms. The maximum atomic E-state index is 13.6. The van der Waals surface area contributed by atoms with Crippen LogP contribution in [-0.4, -0.2) is 11.0 Å². The fraction of sp³-hybridized carbons (Fsp3) is 0.120. The van der Waals surface area contributed by atoms with E-state index in [2.05, 4.69) is 0 Å². The van der Waals surface area contributed by atoms with Crippen molar-refractivity contribution in [2.24, 2.45) is 0 Å².